The van der Waals surface area contributed by atoms with E-state index in [-0.39, 0.29) is 11.1 Å². The molecule has 0 fully saturated rings. The average Bonchev–Trinajstić information content (AvgIpc) is 3.13. The molecule has 0 saturated carbocycles. The number of hydrogen-bond acceptors (Lipinski definition) is 5. The number of aromatic nitrogens is 2. The van der Waals surface area contributed by atoms with Crippen LogP contribution in [0.1, 0.15) is 32.5 Å². The fraction of sp³-hybridized carbons (Fsp3) is 0.150. The fourth-order valence-corrected chi connectivity index (χ4v) is 3.33. The van der Waals surface area contributed by atoms with Gasteiger partial charge in [-0.1, -0.05) is 24.3 Å². The summed E-state index contributed by atoms with van der Waals surface area (Å²) < 4.78 is 1.68. The van der Waals surface area contributed by atoms with Crippen LogP contribution in [0.4, 0.5) is 0 Å². The number of rotatable bonds is 4. The number of nitriles is 1. The molecular weight excluding hydrogens is 344 g/mol. The molecule has 0 bridgehead atoms. The highest BCUT2D eigenvalue weighted by Gasteiger charge is 2.38. The van der Waals surface area contributed by atoms with Crippen LogP contribution >= 0.6 is 0 Å². The van der Waals surface area contributed by atoms with Gasteiger partial charge in [-0.25, -0.2) is 4.98 Å². The number of hydrogen-bond donors (Lipinski definition) is 0. The summed E-state index contributed by atoms with van der Waals surface area (Å²) in [6.07, 6.45) is 0. The predicted octanol–water partition coefficient (Wildman–Crippen LogP) is 2.05. The SMILES string of the molecule is Cn1c([C@@H](C#N)C(=O)CN2C(=O)c3ccccc3C2=O)nc2ccccc21. The van der Waals surface area contributed by atoms with Crippen molar-refractivity contribution in [1.82, 2.24) is 14.5 Å². The standard InChI is InChI=1S/C20H14N4O3/c1-23-16-9-5-4-8-15(16)22-18(23)14(10-21)17(25)11-24-19(26)12-6-2-3-7-13(12)20(24)27/h2-9,14H,11H2,1H3/t14-/m0/s1. The van der Waals surface area contributed by atoms with Crippen molar-refractivity contribution in [3.05, 3.63) is 65.5 Å². The number of para-hydroxylation sites is 2. The van der Waals surface area contributed by atoms with Crippen molar-refractivity contribution in [3.63, 3.8) is 0 Å². The Labute approximate surface area is 154 Å². The van der Waals surface area contributed by atoms with E-state index in [1.54, 1.807) is 41.9 Å². The number of aryl methyl sites for hydroxylation is 1. The van der Waals surface area contributed by atoms with Crippen molar-refractivity contribution in [3.8, 4) is 6.07 Å². The lowest BCUT2D eigenvalue weighted by Gasteiger charge is -2.15. The first-order chi connectivity index (χ1) is 13.0. The maximum Gasteiger partial charge on any atom is 0.261 e. The Morgan fingerprint density at radius 3 is 2.26 bits per heavy atom. The van der Waals surface area contributed by atoms with E-state index in [0.29, 0.717) is 11.3 Å². The Balaban J connectivity index is 1.64. The number of fused-ring (bicyclic) bond motifs is 2. The van der Waals surface area contributed by atoms with Gasteiger partial charge < -0.3 is 4.57 Å². The second-order valence-electron chi connectivity index (χ2n) is 6.29. The smallest absolute Gasteiger partial charge is 0.261 e. The number of benzene rings is 2. The minimum atomic E-state index is -1.17. The molecule has 2 aromatic carbocycles. The van der Waals surface area contributed by atoms with E-state index in [9.17, 15) is 19.6 Å². The van der Waals surface area contributed by atoms with Gasteiger partial charge in [0.15, 0.2) is 11.7 Å². The zero-order valence-electron chi connectivity index (χ0n) is 14.4. The van der Waals surface area contributed by atoms with E-state index in [4.69, 9.17) is 0 Å². The Morgan fingerprint density at radius 2 is 1.67 bits per heavy atom. The van der Waals surface area contributed by atoms with Gasteiger partial charge >= 0.3 is 0 Å². The van der Waals surface area contributed by atoms with E-state index in [1.807, 2.05) is 24.3 Å². The molecule has 2 heterocycles. The molecule has 7 heteroatoms. The number of carbonyl (C=O) groups is 3. The summed E-state index contributed by atoms with van der Waals surface area (Å²) in [6, 6.07) is 15.7. The number of nitrogens with zero attached hydrogens (tertiary/aromatic N) is 4. The lowest BCUT2D eigenvalue weighted by molar-refractivity contribution is -0.119. The summed E-state index contributed by atoms with van der Waals surface area (Å²) in [4.78, 5) is 43.0. The second-order valence-corrected chi connectivity index (χ2v) is 6.29. The molecule has 0 aliphatic carbocycles. The molecule has 1 aliphatic heterocycles. The summed E-state index contributed by atoms with van der Waals surface area (Å²) >= 11 is 0. The maximum atomic E-state index is 12.8. The summed E-state index contributed by atoms with van der Waals surface area (Å²) in [7, 11) is 1.73. The highest BCUT2D eigenvalue weighted by Crippen LogP contribution is 2.25. The van der Waals surface area contributed by atoms with Crippen LogP contribution in [0.25, 0.3) is 11.0 Å². The molecule has 1 aliphatic rings. The third kappa shape index (κ3) is 2.50. The van der Waals surface area contributed by atoms with E-state index in [2.05, 4.69) is 4.98 Å². The van der Waals surface area contributed by atoms with Crippen molar-refractivity contribution in [1.29, 1.82) is 5.26 Å². The number of ketones is 1. The van der Waals surface area contributed by atoms with E-state index >= 15 is 0 Å². The zero-order chi connectivity index (χ0) is 19.1. The number of Topliss-reactive ketones (excluding diaryl/α,β-unsaturated/α-hetero) is 1. The number of imidazole rings is 1. The van der Waals surface area contributed by atoms with Gasteiger partial charge in [0.05, 0.1) is 34.8 Å². The minimum absolute atomic E-state index is 0.270. The predicted molar refractivity (Wildman–Crippen MR) is 95.9 cm³/mol. The Kier molecular flexibility index (Phi) is 3.81. The highest BCUT2D eigenvalue weighted by molar-refractivity contribution is 6.22. The molecule has 132 valence electrons. The first-order valence-corrected chi connectivity index (χ1v) is 8.32. The molecule has 3 aromatic rings. The first kappa shape index (κ1) is 16.7. The second kappa shape index (κ2) is 6.18. The molecule has 0 N–H and O–H groups in total. The third-order valence-electron chi connectivity index (χ3n) is 4.72. The van der Waals surface area contributed by atoms with Gasteiger partial charge in [0.2, 0.25) is 0 Å². The van der Waals surface area contributed by atoms with E-state index < -0.39 is 30.1 Å². The van der Waals surface area contributed by atoms with Crippen molar-refractivity contribution < 1.29 is 14.4 Å². The summed E-state index contributed by atoms with van der Waals surface area (Å²) in [6.45, 7) is -0.465. The van der Waals surface area contributed by atoms with Crippen LogP contribution in [0, 0.1) is 11.3 Å². The lowest BCUT2D eigenvalue weighted by atomic mass is 10.0. The van der Waals surface area contributed by atoms with Gasteiger partial charge in [0.25, 0.3) is 11.8 Å². The van der Waals surface area contributed by atoms with Crippen LogP contribution in [0.3, 0.4) is 0 Å². The Hall–Kier alpha value is -3.79. The van der Waals surface area contributed by atoms with Gasteiger partial charge in [-0.15, -0.1) is 0 Å². The molecule has 0 spiro atoms. The van der Waals surface area contributed by atoms with Crippen LogP contribution in [0.5, 0.6) is 0 Å². The Morgan fingerprint density at radius 1 is 1.07 bits per heavy atom. The molecule has 2 amide bonds. The van der Waals surface area contributed by atoms with E-state index in [0.717, 1.165) is 10.4 Å². The normalized spacial score (nSPS) is 14.3. The lowest BCUT2D eigenvalue weighted by Crippen LogP contribution is -2.37. The van der Waals surface area contributed by atoms with Crippen LogP contribution in [-0.4, -0.2) is 38.6 Å². The van der Waals surface area contributed by atoms with Crippen LogP contribution in [0.2, 0.25) is 0 Å². The van der Waals surface area contributed by atoms with E-state index in [1.165, 1.54) is 0 Å². The van der Waals surface area contributed by atoms with Gasteiger partial charge in [0, 0.05) is 7.05 Å². The average molecular weight is 358 g/mol. The quantitative estimate of drug-likeness (QED) is 0.665. The third-order valence-corrected chi connectivity index (χ3v) is 4.72. The van der Waals surface area contributed by atoms with Gasteiger partial charge in [-0.3, -0.25) is 19.3 Å². The van der Waals surface area contributed by atoms with Crippen LogP contribution < -0.4 is 0 Å². The molecule has 1 aromatic heterocycles. The molecule has 1 atom stereocenters. The molecule has 0 saturated heterocycles. The molecule has 0 unspecified atom stereocenters. The van der Waals surface area contributed by atoms with Gasteiger partial charge in [-0.2, -0.15) is 5.26 Å². The number of carbonyl (C=O) groups excluding carboxylic acids is 3. The van der Waals surface area contributed by atoms with Crippen molar-refractivity contribution in [2.24, 2.45) is 7.05 Å². The maximum absolute atomic E-state index is 12.8. The number of amides is 2. The largest absolute Gasteiger partial charge is 0.330 e. The van der Waals surface area contributed by atoms with Crippen LogP contribution in [0.15, 0.2) is 48.5 Å². The summed E-state index contributed by atoms with van der Waals surface area (Å²) in [5.74, 6) is -2.48. The number of imide groups is 1. The van der Waals surface area contributed by atoms with Crippen molar-refractivity contribution >= 4 is 28.6 Å². The van der Waals surface area contributed by atoms with Crippen molar-refractivity contribution in [2.45, 2.75) is 5.92 Å². The van der Waals surface area contributed by atoms with Gasteiger partial charge in [0.1, 0.15) is 5.82 Å². The minimum Gasteiger partial charge on any atom is -0.330 e. The summed E-state index contributed by atoms with van der Waals surface area (Å²) in [5, 5.41) is 9.57. The van der Waals surface area contributed by atoms with Crippen molar-refractivity contribution in [2.75, 3.05) is 6.54 Å². The molecule has 7 nitrogen and oxygen atoms in total. The monoisotopic (exact) mass is 358 g/mol. The Bertz CT molecular complexity index is 1120. The molecule has 27 heavy (non-hydrogen) atoms. The highest BCUT2D eigenvalue weighted by atomic mass is 16.2. The van der Waals surface area contributed by atoms with Gasteiger partial charge in [-0.05, 0) is 24.3 Å². The molecule has 0 radical (unpaired) electrons. The zero-order valence-corrected chi connectivity index (χ0v) is 14.4. The summed E-state index contributed by atoms with van der Waals surface area (Å²) in [5.41, 5.74) is 2.00. The fourth-order valence-electron chi connectivity index (χ4n) is 3.33. The molecule has 4 rings (SSSR count). The molecular formula is C20H14N4O3. The topological polar surface area (TPSA) is 96.1 Å². The van der Waals surface area contributed by atoms with Crippen LogP contribution in [-0.2, 0) is 11.8 Å². The first-order valence-electron chi connectivity index (χ1n) is 8.32.